The average Bonchev–Trinajstić information content (AvgIpc) is 2.93. The maximum Gasteiger partial charge on any atom is 0.326 e. The number of aliphatic carboxylic acids is 1. The molecule has 0 aromatic carbocycles. The number of hydrogen-bond donors (Lipinski definition) is 2. The summed E-state index contributed by atoms with van der Waals surface area (Å²) in [6, 6.07) is -0.495. The van der Waals surface area contributed by atoms with Gasteiger partial charge in [0.25, 0.3) is 5.91 Å². The number of nitrogens with one attached hydrogen (secondary N) is 1. The van der Waals surface area contributed by atoms with Gasteiger partial charge in [-0.25, -0.2) is 9.48 Å². The average molecular weight is 265 g/mol. The van der Waals surface area contributed by atoms with E-state index in [1.165, 1.54) is 4.90 Å². The summed E-state index contributed by atoms with van der Waals surface area (Å²) in [5.74, 6) is -1.30. The van der Waals surface area contributed by atoms with E-state index in [1.54, 1.807) is 10.9 Å². The highest BCUT2D eigenvalue weighted by atomic mass is 16.4. The van der Waals surface area contributed by atoms with Gasteiger partial charge >= 0.3 is 5.97 Å². The number of rotatable bonds is 3. The van der Waals surface area contributed by atoms with Gasteiger partial charge in [-0.15, -0.1) is 5.10 Å². The number of likely N-dealkylation sites (tertiary alicyclic amines) is 1. The Hall–Kier alpha value is -1.96. The molecule has 2 saturated heterocycles. The molecule has 2 fully saturated rings. The minimum Gasteiger partial charge on any atom is -0.480 e. The van der Waals surface area contributed by atoms with E-state index in [0.717, 1.165) is 13.1 Å². The lowest BCUT2D eigenvalue weighted by atomic mass is 10.2. The van der Waals surface area contributed by atoms with Crippen LogP contribution in [-0.2, 0) is 4.79 Å². The van der Waals surface area contributed by atoms with Crippen LogP contribution in [0.2, 0.25) is 0 Å². The molecule has 3 heterocycles. The van der Waals surface area contributed by atoms with Crippen molar-refractivity contribution in [3.8, 4) is 0 Å². The van der Waals surface area contributed by atoms with E-state index in [-0.39, 0.29) is 17.6 Å². The van der Waals surface area contributed by atoms with Gasteiger partial charge in [0.15, 0.2) is 5.69 Å². The van der Waals surface area contributed by atoms with Gasteiger partial charge in [-0.3, -0.25) is 4.79 Å². The molecule has 1 aromatic rings. The van der Waals surface area contributed by atoms with E-state index in [1.807, 2.05) is 0 Å². The second-order valence-corrected chi connectivity index (χ2v) is 4.89. The lowest BCUT2D eigenvalue weighted by Gasteiger charge is -2.26. The summed E-state index contributed by atoms with van der Waals surface area (Å²) in [7, 11) is 0. The minimum absolute atomic E-state index is 0.222. The van der Waals surface area contributed by atoms with Crippen molar-refractivity contribution in [3.05, 3.63) is 11.9 Å². The van der Waals surface area contributed by atoms with Crippen LogP contribution in [0.3, 0.4) is 0 Å². The van der Waals surface area contributed by atoms with E-state index in [2.05, 4.69) is 15.6 Å². The second kappa shape index (κ2) is 4.61. The fourth-order valence-corrected chi connectivity index (χ4v) is 2.43. The predicted molar refractivity (Wildman–Crippen MR) is 63.6 cm³/mol. The molecule has 1 amide bonds. The standard InChI is InChI=1S/C11H15N5O3/c17-10(15-3-1-2-9(15)11(18)19)8-6-16(14-13-8)7-4-12-5-7/h6-7,9,12H,1-5H2,(H,18,19). The smallest absolute Gasteiger partial charge is 0.326 e. The number of carboxylic acid groups (broad SMARTS) is 1. The van der Waals surface area contributed by atoms with E-state index < -0.39 is 12.0 Å². The highest BCUT2D eigenvalue weighted by Crippen LogP contribution is 2.20. The van der Waals surface area contributed by atoms with Crippen molar-refractivity contribution >= 4 is 11.9 Å². The van der Waals surface area contributed by atoms with Gasteiger partial charge in [-0.05, 0) is 12.8 Å². The first kappa shape index (κ1) is 12.1. The number of carbonyl (C=O) groups is 2. The first-order valence-corrected chi connectivity index (χ1v) is 6.33. The van der Waals surface area contributed by atoms with Gasteiger partial charge in [0.05, 0.1) is 12.2 Å². The van der Waals surface area contributed by atoms with Crippen LogP contribution < -0.4 is 5.32 Å². The molecular weight excluding hydrogens is 250 g/mol. The Labute approximate surface area is 109 Å². The summed E-state index contributed by atoms with van der Waals surface area (Å²) in [6.07, 6.45) is 2.82. The van der Waals surface area contributed by atoms with Crippen molar-refractivity contribution in [1.29, 1.82) is 0 Å². The molecule has 8 heteroatoms. The molecule has 0 aliphatic carbocycles. The molecule has 8 nitrogen and oxygen atoms in total. The van der Waals surface area contributed by atoms with Crippen molar-refractivity contribution in [3.63, 3.8) is 0 Å². The molecule has 0 spiro atoms. The molecule has 2 aliphatic heterocycles. The van der Waals surface area contributed by atoms with E-state index in [9.17, 15) is 9.59 Å². The Morgan fingerprint density at radius 1 is 1.42 bits per heavy atom. The number of nitrogens with zero attached hydrogens (tertiary/aromatic N) is 4. The van der Waals surface area contributed by atoms with Crippen LogP contribution in [0.1, 0.15) is 29.4 Å². The number of carboxylic acids is 1. The number of carbonyl (C=O) groups excluding carboxylic acids is 1. The van der Waals surface area contributed by atoms with Crippen LogP contribution in [0.25, 0.3) is 0 Å². The molecule has 19 heavy (non-hydrogen) atoms. The Kier molecular flexibility index (Phi) is 2.94. The van der Waals surface area contributed by atoms with Gasteiger partial charge in [0, 0.05) is 19.6 Å². The monoisotopic (exact) mass is 265 g/mol. The Morgan fingerprint density at radius 2 is 2.21 bits per heavy atom. The predicted octanol–water partition coefficient (Wildman–Crippen LogP) is -0.888. The third kappa shape index (κ3) is 2.07. The minimum atomic E-state index is -0.957. The van der Waals surface area contributed by atoms with Crippen LogP contribution in [-0.4, -0.2) is 62.6 Å². The fourth-order valence-electron chi connectivity index (χ4n) is 2.43. The Balaban J connectivity index is 1.75. The number of aromatic nitrogens is 3. The zero-order chi connectivity index (χ0) is 13.4. The summed E-state index contributed by atoms with van der Waals surface area (Å²) >= 11 is 0. The molecule has 2 aliphatic rings. The van der Waals surface area contributed by atoms with Crippen molar-refractivity contribution in [2.24, 2.45) is 0 Å². The first-order valence-electron chi connectivity index (χ1n) is 6.33. The normalized spacial score (nSPS) is 23.4. The molecular formula is C11H15N5O3. The van der Waals surface area contributed by atoms with E-state index >= 15 is 0 Å². The van der Waals surface area contributed by atoms with Gasteiger partial charge in [-0.2, -0.15) is 0 Å². The second-order valence-electron chi connectivity index (χ2n) is 4.89. The zero-order valence-corrected chi connectivity index (χ0v) is 10.3. The summed E-state index contributed by atoms with van der Waals surface area (Å²) in [4.78, 5) is 24.7. The third-order valence-corrected chi connectivity index (χ3v) is 3.66. The molecule has 3 rings (SSSR count). The molecule has 0 bridgehead atoms. The molecule has 1 aromatic heterocycles. The molecule has 0 radical (unpaired) electrons. The number of amides is 1. The zero-order valence-electron chi connectivity index (χ0n) is 10.3. The van der Waals surface area contributed by atoms with Crippen LogP contribution >= 0.6 is 0 Å². The van der Waals surface area contributed by atoms with E-state index in [4.69, 9.17) is 5.11 Å². The highest BCUT2D eigenvalue weighted by molar-refractivity contribution is 5.95. The Morgan fingerprint density at radius 3 is 2.84 bits per heavy atom. The van der Waals surface area contributed by atoms with Gasteiger partial charge in [0.1, 0.15) is 6.04 Å². The van der Waals surface area contributed by atoms with E-state index in [0.29, 0.717) is 19.4 Å². The Bertz CT molecular complexity index is 510. The van der Waals surface area contributed by atoms with Gasteiger partial charge in [0.2, 0.25) is 0 Å². The van der Waals surface area contributed by atoms with Crippen molar-refractivity contribution in [1.82, 2.24) is 25.2 Å². The summed E-state index contributed by atoms with van der Waals surface area (Å²) in [5, 5.41) is 20.0. The lowest BCUT2D eigenvalue weighted by Crippen LogP contribution is -2.43. The third-order valence-electron chi connectivity index (χ3n) is 3.66. The van der Waals surface area contributed by atoms with Crippen LogP contribution in [0, 0.1) is 0 Å². The van der Waals surface area contributed by atoms with Crippen LogP contribution in [0.4, 0.5) is 0 Å². The lowest BCUT2D eigenvalue weighted by molar-refractivity contribution is -0.141. The topological polar surface area (TPSA) is 100 Å². The van der Waals surface area contributed by atoms with Gasteiger partial charge < -0.3 is 15.3 Å². The fraction of sp³-hybridized carbons (Fsp3) is 0.636. The maximum absolute atomic E-state index is 12.2. The molecule has 0 saturated carbocycles. The van der Waals surface area contributed by atoms with Crippen LogP contribution in [0.5, 0.6) is 0 Å². The maximum atomic E-state index is 12.2. The molecule has 1 atom stereocenters. The van der Waals surface area contributed by atoms with Gasteiger partial charge in [-0.1, -0.05) is 5.21 Å². The largest absolute Gasteiger partial charge is 0.480 e. The molecule has 1 unspecified atom stereocenters. The van der Waals surface area contributed by atoms with Crippen molar-refractivity contribution < 1.29 is 14.7 Å². The summed E-state index contributed by atoms with van der Waals surface area (Å²) in [6.45, 7) is 2.10. The van der Waals surface area contributed by atoms with Crippen molar-refractivity contribution in [2.45, 2.75) is 24.9 Å². The number of hydrogen-bond acceptors (Lipinski definition) is 5. The summed E-state index contributed by atoms with van der Waals surface area (Å²) < 4.78 is 1.66. The first-order chi connectivity index (χ1) is 9.16. The van der Waals surface area contributed by atoms with Crippen LogP contribution in [0.15, 0.2) is 6.20 Å². The molecule has 2 N–H and O–H groups in total. The quantitative estimate of drug-likeness (QED) is 0.735. The molecule has 102 valence electrons. The van der Waals surface area contributed by atoms with Crippen molar-refractivity contribution in [2.75, 3.05) is 19.6 Å². The SMILES string of the molecule is O=C(O)C1CCCN1C(=O)c1cn(C2CNC2)nn1. The highest BCUT2D eigenvalue weighted by Gasteiger charge is 2.35. The summed E-state index contributed by atoms with van der Waals surface area (Å²) in [5.41, 5.74) is 0.222.